The Morgan fingerprint density at radius 3 is 2.80 bits per heavy atom. The summed E-state index contributed by atoms with van der Waals surface area (Å²) in [6.07, 6.45) is 4.64. The summed E-state index contributed by atoms with van der Waals surface area (Å²) in [7, 11) is 0. The first-order valence-corrected chi connectivity index (χ1v) is 7.84. The number of aliphatic carboxylic acids is 1. The fourth-order valence-corrected chi connectivity index (χ4v) is 3.91. The van der Waals surface area contributed by atoms with Crippen LogP contribution in [0.2, 0.25) is 0 Å². The van der Waals surface area contributed by atoms with E-state index in [1.54, 1.807) is 11.3 Å². The van der Waals surface area contributed by atoms with E-state index in [1.165, 1.54) is 17.5 Å². The number of para-hydroxylation sites is 1. The van der Waals surface area contributed by atoms with Crippen LogP contribution in [0.1, 0.15) is 30.7 Å². The number of hydrogen-bond acceptors (Lipinski definition) is 4. The number of thiazole rings is 1. The Balaban J connectivity index is 1.78. The van der Waals surface area contributed by atoms with Crippen molar-refractivity contribution in [2.45, 2.75) is 38.3 Å². The van der Waals surface area contributed by atoms with E-state index < -0.39 is 5.97 Å². The van der Waals surface area contributed by atoms with E-state index in [0.29, 0.717) is 12.6 Å². The van der Waals surface area contributed by atoms with E-state index >= 15 is 0 Å². The molecule has 2 aromatic rings. The predicted molar refractivity (Wildman–Crippen MR) is 79.9 cm³/mol. The van der Waals surface area contributed by atoms with Gasteiger partial charge in [0.25, 0.3) is 0 Å². The monoisotopic (exact) mass is 290 g/mol. The second kappa shape index (κ2) is 5.89. The fourth-order valence-electron chi connectivity index (χ4n) is 2.92. The highest BCUT2D eigenvalue weighted by molar-refractivity contribution is 7.18. The third-order valence-electron chi connectivity index (χ3n) is 3.86. The van der Waals surface area contributed by atoms with Gasteiger partial charge in [-0.15, -0.1) is 11.3 Å². The molecule has 1 aliphatic rings. The fraction of sp³-hybridized carbons (Fsp3) is 0.467. The molecule has 1 N–H and O–H groups in total. The van der Waals surface area contributed by atoms with Gasteiger partial charge in [-0.1, -0.05) is 25.0 Å². The summed E-state index contributed by atoms with van der Waals surface area (Å²) in [6, 6.07) is 8.46. The molecule has 1 heterocycles. The Morgan fingerprint density at radius 1 is 1.35 bits per heavy atom. The highest BCUT2D eigenvalue weighted by Crippen LogP contribution is 2.27. The van der Waals surface area contributed by atoms with Crippen LogP contribution in [0, 0.1) is 0 Å². The van der Waals surface area contributed by atoms with E-state index in [1.807, 2.05) is 18.2 Å². The smallest absolute Gasteiger partial charge is 0.317 e. The number of hydrogen-bond donors (Lipinski definition) is 1. The predicted octanol–water partition coefficient (Wildman–Crippen LogP) is 3.13. The molecule has 0 amide bonds. The van der Waals surface area contributed by atoms with E-state index in [2.05, 4.69) is 16.0 Å². The van der Waals surface area contributed by atoms with Crippen LogP contribution in [0.5, 0.6) is 0 Å². The summed E-state index contributed by atoms with van der Waals surface area (Å²) in [5.74, 6) is -0.752. The molecule has 3 rings (SSSR count). The standard InChI is InChI=1S/C15H18N2O2S/c18-15(19)10-17(11-5-1-2-6-11)9-14-16-12-7-3-4-8-13(12)20-14/h3-4,7-8,11H,1-2,5-6,9-10H2,(H,18,19). The quantitative estimate of drug-likeness (QED) is 0.919. The first kappa shape index (κ1) is 13.5. The highest BCUT2D eigenvalue weighted by atomic mass is 32.1. The van der Waals surface area contributed by atoms with Crippen LogP contribution in [0.4, 0.5) is 0 Å². The maximum atomic E-state index is 11.1. The van der Waals surface area contributed by atoms with Crippen molar-refractivity contribution in [2.24, 2.45) is 0 Å². The number of rotatable bonds is 5. The van der Waals surface area contributed by atoms with E-state index in [-0.39, 0.29) is 6.54 Å². The van der Waals surface area contributed by atoms with Crippen LogP contribution >= 0.6 is 11.3 Å². The number of nitrogens with zero attached hydrogens (tertiary/aromatic N) is 2. The van der Waals surface area contributed by atoms with Crippen molar-refractivity contribution in [1.29, 1.82) is 0 Å². The van der Waals surface area contributed by atoms with Crippen LogP contribution in [0.3, 0.4) is 0 Å². The Kier molecular flexibility index (Phi) is 3.98. The van der Waals surface area contributed by atoms with Crippen LogP contribution in [-0.4, -0.2) is 33.5 Å². The zero-order valence-corrected chi connectivity index (χ0v) is 12.1. The highest BCUT2D eigenvalue weighted by Gasteiger charge is 2.25. The van der Waals surface area contributed by atoms with Gasteiger partial charge in [0.15, 0.2) is 0 Å². The van der Waals surface area contributed by atoms with Crippen molar-refractivity contribution >= 4 is 27.5 Å². The summed E-state index contributed by atoms with van der Waals surface area (Å²) < 4.78 is 1.17. The number of fused-ring (bicyclic) bond motifs is 1. The van der Waals surface area contributed by atoms with Crippen molar-refractivity contribution in [3.8, 4) is 0 Å². The summed E-state index contributed by atoms with van der Waals surface area (Å²) in [4.78, 5) is 17.8. The minimum Gasteiger partial charge on any atom is -0.480 e. The molecule has 1 saturated carbocycles. The molecule has 1 aliphatic carbocycles. The number of carboxylic acid groups (broad SMARTS) is 1. The maximum Gasteiger partial charge on any atom is 0.317 e. The third-order valence-corrected chi connectivity index (χ3v) is 4.88. The molecule has 4 nitrogen and oxygen atoms in total. The Bertz CT molecular complexity index is 572. The molecule has 0 spiro atoms. The van der Waals surface area contributed by atoms with E-state index in [0.717, 1.165) is 23.4 Å². The average Bonchev–Trinajstić information content (AvgIpc) is 3.06. The zero-order valence-electron chi connectivity index (χ0n) is 11.3. The zero-order chi connectivity index (χ0) is 13.9. The molecule has 0 unspecified atom stereocenters. The minimum atomic E-state index is -0.752. The lowest BCUT2D eigenvalue weighted by molar-refractivity contribution is -0.139. The van der Waals surface area contributed by atoms with Gasteiger partial charge in [-0.2, -0.15) is 0 Å². The summed E-state index contributed by atoms with van der Waals surface area (Å²) >= 11 is 1.67. The first-order valence-electron chi connectivity index (χ1n) is 7.02. The molecule has 1 aromatic carbocycles. The van der Waals surface area contributed by atoms with Gasteiger partial charge in [0.05, 0.1) is 23.3 Å². The van der Waals surface area contributed by atoms with E-state index in [4.69, 9.17) is 5.11 Å². The van der Waals surface area contributed by atoms with Gasteiger partial charge in [0.2, 0.25) is 0 Å². The van der Waals surface area contributed by atoms with Crippen molar-refractivity contribution in [1.82, 2.24) is 9.88 Å². The summed E-state index contributed by atoms with van der Waals surface area (Å²) in [5.41, 5.74) is 1.01. The second-order valence-corrected chi connectivity index (χ2v) is 6.43. The molecule has 20 heavy (non-hydrogen) atoms. The number of carbonyl (C=O) groups is 1. The summed E-state index contributed by atoms with van der Waals surface area (Å²) in [6.45, 7) is 0.761. The van der Waals surface area contributed by atoms with Crippen molar-refractivity contribution in [3.05, 3.63) is 29.3 Å². The lowest BCUT2D eigenvalue weighted by Gasteiger charge is -2.25. The number of aromatic nitrogens is 1. The van der Waals surface area contributed by atoms with Crippen LogP contribution in [0.15, 0.2) is 24.3 Å². The van der Waals surface area contributed by atoms with Crippen molar-refractivity contribution in [2.75, 3.05) is 6.54 Å². The Hall–Kier alpha value is -1.46. The minimum absolute atomic E-state index is 0.112. The molecule has 0 bridgehead atoms. The van der Waals surface area contributed by atoms with Crippen LogP contribution < -0.4 is 0 Å². The van der Waals surface area contributed by atoms with Crippen molar-refractivity contribution in [3.63, 3.8) is 0 Å². The third kappa shape index (κ3) is 2.99. The Labute approximate surface area is 122 Å². The van der Waals surface area contributed by atoms with Gasteiger partial charge in [-0.05, 0) is 25.0 Å². The van der Waals surface area contributed by atoms with Gasteiger partial charge < -0.3 is 5.11 Å². The summed E-state index contributed by atoms with van der Waals surface area (Å²) in [5, 5.41) is 10.1. The second-order valence-electron chi connectivity index (χ2n) is 5.31. The molecule has 0 saturated heterocycles. The molecule has 1 fully saturated rings. The molecular weight excluding hydrogens is 272 g/mol. The van der Waals surface area contributed by atoms with Gasteiger partial charge in [-0.25, -0.2) is 4.98 Å². The Morgan fingerprint density at radius 2 is 2.10 bits per heavy atom. The van der Waals surface area contributed by atoms with Crippen LogP contribution in [0.25, 0.3) is 10.2 Å². The molecule has 5 heteroatoms. The van der Waals surface area contributed by atoms with Gasteiger partial charge in [0, 0.05) is 6.04 Å². The lowest BCUT2D eigenvalue weighted by atomic mass is 10.2. The lowest BCUT2D eigenvalue weighted by Crippen LogP contribution is -2.36. The molecule has 106 valence electrons. The molecule has 1 aromatic heterocycles. The first-order chi connectivity index (χ1) is 9.72. The van der Waals surface area contributed by atoms with E-state index in [9.17, 15) is 4.79 Å². The van der Waals surface area contributed by atoms with Crippen LogP contribution in [-0.2, 0) is 11.3 Å². The van der Waals surface area contributed by atoms with Gasteiger partial charge in [0.1, 0.15) is 5.01 Å². The topological polar surface area (TPSA) is 53.4 Å². The molecule has 0 aliphatic heterocycles. The maximum absolute atomic E-state index is 11.1. The molecule has 0 atom stereocenters. The van der Waals surface area contributed by atoms with Crippen molar-refractivity contribution < 1.29 is 9.90 Å². The normalized spacial score (nSPS) is 16.2. The van der Waals surface area contributed by atoms with Gasteiger partial charge in [-0.3, -0.25) is 9.69 Å². The SMILES string of the molecule is O=C(O)CN(Cc1nc2ccccc2s1)C1CCCC1. The number of benzene rings is 1. The molecule has 0 radical (unpaired) electrons. The number of carboxylic acids is 1. The molecular formula is C15H18N2O2S. The van der Waals surface area contributed by atoms with Gasteiger partial charge >= 0.3 is 5.97 Å². The largest absolute Gasteiger partial charge is 0.480 e. The average molecular weight is 290 g/mol.